The summed E-state index contributed by atoms with van der Waals surface area (Å²) in [6, 6.07) is 6.49. The molecule has 0 saturated carbocycles. The molecule has 0 saturated heterocycles. The Morgan fingerprint density at radius 2 is 2.08 bits per heavy atom. The molecule has 1 aliphatic carbocycles. The highest BCUT2D eigenvalue weighted by atomic mass is 14.2. The third kappa shape index (κ3) is 1.08. The molecule has 61 valence electrons. The molecular formula is C12H13. The lowest BCUT2D eigenvalue weighted by atomic mass is 9.86. The molecule has 1 aliphatic rings. The van der Waals surface area contributed by atoms with Gasteiger partial charge >= 0.3 is 0 Å². The van der Waals surface area contributed by atoms with E-state index in [0.29, 0.717) is 5.92 Å². The summed E-state index contributed by atoms with van der Waals surface area (Å²) in [6.07, 6.45) is 6.57. The molecule has 0 nitrogen and oxygen atoms in total. The largest absolute Gasteiger partial charge is 0.0806 e. The van der Waals surface area contributed by atoms with Gasteiger partial charge in [-0.1, -0.05) is 37.3 Å². The van der Waals surface area contributed by atoms with Crippen molar-refractivity contribution in [1.29, 1.82) is 0 Å². The standard InChI is InChI=1S/C12H13/c1-9-5-3-7-11-8-4-6-10(2)12(9)11/h3-9H,1-2H3. The minimum atomic E-state index is 0.575. The van der Waals surface area contributed by atoms with Crippen LogP contribution in [0.3, 0.4) is 0 Å². The lowest BCUT2D eigenvalue weighted by Gasteiger charge is -2.19. The molecule has 1 radical (unpaired) electrons. The number of hydrogen-bond acceptors (Lipinski definition) is 0. The number of hydrogen-bond donors (Lipinski definition) is 0. The lowest BCUT2D eigenvalue weighted by molar-refractivity contribution is 0.926. The molecule has 0 aliphatic heterocycles. The zero-order valence-corrected chi connectivity index (χ0v) is 7.54. The maximum Gasteiger partial charge on any atom is 0.0125 e. The second-order valence-corrected chi connectivity index (χ2v) is 3.42. The third-order valence-corrected chi connectivity index (χ3v) is 2.49. The Morgan fingerprint density at radius 1 is 1.25 bits per heavy atom. The van der Waals surface area contributed by atoms with Crippen LogP contribution in [0, 0.1) is 13.3 Å². The summed E-state index contributed by atoms with van der Waals surface area (Å²) < 4.78 is 0. The first-order valence-corrected chi connectivity index (χ1v) is 4.40. The minimum absolute atomic E-state index is 0.575. The quantitative estimate of drug-likeness (QED) is 0.542. The molecule has 0 heterocycles. The molecule has 1 aromatic rings. The van der Waals surface area contributed by atoms with E-state index >= 15 is 0 Å². The van der Waals surface area contributed by atoms with Crippen LogP contribution in [0.4, 0.5) is 0 Å². The summed E-state index contributed by atoms with van der Waals surface area (Å²) in [5, 5.41) is 0. The van der Waals surface area contributed by atoms with Crippen molar-refractivity contribution in [3.8, 4) is 0 Å². The molecule has 0 bridgehead atoms. The van der Waals surface area contributed by atoms with E-state index < -0.39 is 0 Å². The van der Waals surface area contributed by atoms with Gasteiger partial charge in [0.1, 0.15) is 0 Å². The van der Waals surface area contributed by atoms with Gasteiger partial charge in [0, 0.05) is 6.42 Å². The van der Waals surface area contributed by atoms with Crippen LogP contribution in [0.5, 0.6) is 0 Å². The van der Waals surface area contributed by atoms with Gasteiger partial charge in [-0.2, -0.15) is 0 Å². The molecule has 12 heavy (non-hydrogen) atoms. The molecule has 1 unspecified atom stereocenters. The van der Waals surface area contributed by atoms with Crippen LogP contribution in [-0.2, 0) is 0 Å². The minimum Gasteiger partial charge on any atom is -0.0806 e. The van der Waals surface area contributed by atoms with E-state index in [1.807, 2.05) is 0 Å². The Balaban J connectivity index is 2.58. The molecule has 1 atom stereocenters. The fourth-order valence-electron chi connectivity index (χ4n) is 1.89. The van der Waals surface area contributed by atoms with E-state index in [2.05, 4.69) is 50.6 Å². The van der Waals surface area contributed by atoms with Gasteiger partial charge in [0.15, 0.2) is 0 Å². The molecule has 0 aromatic heterocycles. The van der Waals surface area contributed by atoms with Gasteiger partial charge in [0.2, 0.25) is 0 Å². The second kappa shape index (κ2) is 2.78. The smallest absolute Gasteiger partial charge is 0.0125 e. The molecule has 0 heteroatoms. The van der Waals surface area contributed by atoms with Crippen LogP contribution < -0.4 is 0 Å². The van der Waals surface area contributed by atoms with Crippen molar-refractivity contribution in [1.82, 2.24) is 0 Å². The number of benzene rings is 1. The lowest BCUT2D eigenvalue weighted by Crippen LogP contribution is -2.02. The van der Waals surface area contributed by atoms with Crippen molar-refractivity contribution in [2.24, 2.45) is 0 Å². The van der Waals surface area contributed by atoms with E-state index in [-0.39, 0.29) is 0 Å². The van der Waals surface area contributed by atoms with Gasteiger partial charge in [-0.05, 0) is 29.5 Å². The van der Waals surface area contributed by atoms with Gasteiger partial charge in [0.05, 0.1) is 0 Å². The topological polar surface area (TPSA) is 0 Å². The second-order valence-electron chi connectivity index (χ2n) is 3.42. The van der Waals surface area contributed by atoms with E-state index in [4.69, 9.17) is 0 Å². The normalized spacial score (nSPS) is 20.7. The van der Waals surface area contributed by atoms with Crippen molar-refractivity contribution < 1.29 is 0 Å². The van der Waals surface area contributed by atoms with Crippen LogP contribution in [-0.4, -0.2) is 0 Å². The van der Waals surface area contributed by atoms with Gasteiger partial charge in [0.25, 0.3) is 0 Å². The SMILES string of the molecule is Cc1cccc2c1C(C)C=C[CH]2. The first kappa shape index (κ1) is 7.60. The maximum atomic E-state index is 2.25. The number of allylic oxidation sites excluding steroid dienone is 2. The highest BCUT2D eigenvalue weighted by Crippen LogP contribution is 2.29. The van der Waals surface area contributed by atoms with Gasteiger partial charge in [-0.15, -0.1) is 0 Å². The number of fused-ring (bicyclic) bond motifs is 1. The van der Waals surface area contributed by atoms with Crippen molar-refractivity contribution in [3.63, 3.8) is 0 Å². The fraction of sp³-hybridized carbons (Fsp3) is 0.250. The van der Waals surface area contributed by atoms with Crippen molar-refractivity contribution >= 4 is 0 Å². The van der Waals surface area contributed by atoms with Crippen LogP contribution in [0.1, 0.15) is 29.5 Å². The molecule has 0 N–H and O–H groups in total. The van der Waals surface area contributed by atoms with E-state index in [1.165, 1.54) is 16.7 Å². The molecule has 0 amide bonds. The Bertz CT molecular complexity index is 321. The number of aryl methyl sites for hydroxylation is 1. The van der Waals surface area contributed by atoms with Crippen molar-refractivity contribution in [2.45, 2.75) is 19.8 Å². The summed E-state index contributed by atoms with van der Waals surface area (Å²) in [5.41, 5.74) is 4.27. The van der Waals surface area contributed by atoms with Crippen molar-refractivity contribution in [3.05, 3.63) is 53.5 Å². The summed E-state index contributed by atoms with van der Waals surface area (Å²) in [5.74, 6) is 0.575. The molecule has 0 spiro atoms. The highest BCUT2D eigenvalue weighted by molar-refractivity contribution is 5.47. The zero-order chi connectivity index (χ0) is 8.55. The predicted octanol–water partition coefficient (Wildman–Crippen LogP) is 3.22. The Morgan fingerprint density at radius 3 is 2.83 bits per heavy atom. The molecule has 0 fully saturated rings. The summed E-state index contributed by atoms with van der Waals surface area (Å²) in [7, 11) is 0. The maximum absolute atomic E-state index is 2.25. The summed E-state index contributed by atoms with van der Waals surface area (Å²) >= 11 is 0. The average Bonchev–Trinajstić information content (AvgIpc) is 2.04. The zero-order valence-electron chi connectivity index (χ0n) is 7.54. The molecule has 1 aromatic carbocycles. The monoisotopic (exact) mass is 157 g/mol. The van der Waals surface area contributed by atoms with Crippen LogP contribution in [0.2, 0.25) is 0 Å². The summed E-state index contributed by atoms with van der Waals surface area (Å²) in [6.45, 7) is 4.43. The fourth-order valence-corrected chi connectivity index (χ4v) is 1.89. The van der Waals surface area contributed by atoms with Gasteiger partial charge in [-0.3, -0.25) is 0 Å². The predicted molar refractivity (Wildman–Crippen MR) is 52.1 cm³/mol. The van der Waals surface area contributed by atoms with E-state index in [1.54, 1.807) is 0 Å². The third-order valence-electron chi connectivity index (χ3n) is 2.49. The number of rotatable bonds is 0. The average molecular weight is 157 g/mol. The Labute approximate surface area is 73.9 Å². The van der Waals surface area contributed by atoms with Crippen LogP contribution >= 0.6 is 0 Å². The Hall–Kier alpha value is -1.04. The van der Waals surface area contributed by atoms with Crippen LogP contribution in [0.25, 0.3) is 0 Å². The van der Waals surface area contributed by atoms with Gasteiger partial charge in [-0.25, -0.2) is 0 Å². The van der Waals surface area contributed by atoms with Gasteiger partial charge < -0.3 is 0 Å². The first-order chi connectivity index (χ1) is 5.79. The first-order valence-electron chi connectivity index (χ1n) is 4.40. The van der Waals surface area contributed by atoms with Crippen LogP contribution in [0.15, 0.2) is 30.4 Å². The van der Waals surface area contributed by atoms with E-state index in [9.17, 15) is 0 Å². The highest BCUT2D eigenvalue weighted by Gasteiger charge is 2.13. The Kier molecular flexibility index (Phi) is 1.76. The van der Waals surface area contributed by atoms with Crippen molar-refractivity contribution in [2.75, 3.05) is 0 Å². The van der Waals surface area contributed by atoms with E-state index in [0.717, 1.165) is 0 Å². The molecule has 2 rings (SSSR count). The summed E-state index contributed by atoms with van der Waals surface area (Å²) in [4.78, 5) is 0. The molecular weight excluding hydrogens is 144 g/mol.